The molecular weight excluding hydrogens is 472 g/mol. The molecule has 1 saturated heterocycles. The Morgan fingerprint density at radius 1 is 1.30 bits per heavy atom. The minimum atomic E-state index is -5.08. The number of aliphatic hydroxyl groups excluding tert-OH is 1. The standard InChI is InChI=1S/C17H18ClFN6O.C2HF3O2/c18-10-2-1-3-11(19)13(10)14-15-16(24-23-14)22-12(8-21-15)25-6-4-17(20,9-26)5-7-25;3-2(4,5)1(6)7/h1-3,8,26H,4-7,9,20H2,(H,22,23,24);(H,6,7). The number of H-pyrrole nitrogens is 1. The summed E-state index contributed by atoms with van der Waals surface area (Å²) >= 11 is 6.14. The number of hydrogen-bond donors (Lipinski definition) is 4. The van der Waals surface area contributed by atoms with Crippen LogP contribution in [-0.2, 0) is 4.79 Å². The Morgan fingerprint density at radius 3 is 2.48 bits per heavy atom. The third-order valence-electron chi connectivity index (χ3n) is 5.11. The molecule has 5 N–H and O–H groups in total. The number of carboxylic acid groups (broad SMARTS) is 1. The number of nitrogens with two attached hydrogens (primary N) is 1. The lowest BCUT2D eigenvalue weighted by molar-refractivity contribution is -0.192. The first-order chi connectivity index (χ1) is 15.4. The molecule has 3 aromatic rings. The van der Waals surface area contributed by atoms with Crippen molar-refractivity contribution in [3.63, 3.8) is 0 Å². The maximum Gasteiger partial charge on any atom is 0.490 e. The molecule has 0 saturated carbocycles. The highest BCUT2D eigenvalue weighted by atomic mass is 35.5. The summed E-state index contributed by atoms with van der Waals surface area (Å²) in [6.07, 6.45) is -2.11. The second-order valence-electron chi connectivity index (χ2n) is 7.41. The Labute approximate surface area is 189 Å². The van der Waals surface area contributed by atoms with Crippen LogP contribution in [0.2, 0.25) is 5.02 Å². The van der Waals surface area contributed by atoms with Crippen molar-refractivity contribution in [2.75, 3.05) is 24.6 Å². The number of aromatic nitrogens is 4. The lowest BCUT2D eigenvalue weighted by Crippen LogP contribution is -2.53. The van der Waals surface area contributed by atoms with Crippen LogP contribution in [0.3, 0.4) is 0 Å². The second kappa shape index (κ2) is 9.45. The number of carbonyl (C=O) groups is 1. The maximum atomic E-state index is 14.2. The van der Waals surface area contributed by atoms with E-state index in [0.717, 1.165) is 0 Å². The van der Waals surface area contributed by atoms with Gasteiger partial charge in [0.1, 0.15) is 17.2 Å². The fourth-order valence-electron chi connectivity index (χ4n) is 3.19. The van der Waals surface area contributed by atoms with Crippen LogP contribution in [0.4, 0.5) is 23.4 Å². The summed E-state index contributed by atoms with van der Waals surface area (Å²) in [6.45, 7) is 1.32. The monoisotopic (exact) mass is 490 g/mol. The van der Waals surface area contributed by atoms with Gasteiger partial charge in [-0.2, -0.15) is 18.3 Å². The Kier molecular flexibility index (Phi) is 7.05. The van der Waals surface area contributed by atoms with Crippen molar-refractivity contribution in [1.82, 2.24) is 20.2 Å². The van der Waals surface area contributed by atoms with Crippen LogP contribution < -0.4 is 10.6 Å². The normalized spacial score (nSPS) is 15.8. The number of rotatable bonds is 3. The van der Waals surface area contributed by atoms with Gasteiger partial charge in [-0.15, -0.1) is 0 Å². The summed E-state index contributed by atoms with van der Waals surface area (Å²) in [7, 11) is 0. The Balaban J connectivity index is 0.000000383. The molecule has 0 unspecified atom stereocenters. The van der Waals surface area contributed by atoms with E-state index in [0.29, 0.717) is 48.6 Å². The van der Waals surface area contributed by atoms with Crippen molar-refractivity contribution in [3.8, 4) is 11.3 Å². The van der Waals surface area contributed by atoms with E-state index in [1.807, 2.05) is 0 Å². The van der Waals surface area contributed by atoms with Gasteiger partial charge in [0.05, 0.1) is 29.1 Å². The van der Waals surface area contributed by atoms with Crippen molar-refractivity contribution in [2.24, 2.45) is 5.73 Å². The first-order valence-corrected chi connectivity index (χ1v) is 9.93. The van der Waals surface area contributed by atoms with E-state index < -0.39 is 23.5 Å². The van der Waals surface area contributed by atoms with Crippen molar-refractivity contribution in [3.05, 3.63) is 35.2 Å². The summed E-state index contributed by atoms with van der Waals surface area (Å²) in [6, 6.07) is 4.50. The third-order valence-corrected chi connectivity index (χ3v) is 5.42. The first kappa shape index (κ1) is 24.6. The quantitative estimate of drug-likeness (QED) is 0.411. The highest BCUT2D eigenvalue weighted by molar-refractivity contribution is 6.33. The van der Waals surface area contributed by atoms with E-state index in [9.17, 15) is 22.7 Å². The molecular formula is C19H19ClF4N6O3. The molecule has 1 fully saturated rings. The van der Waals surface area contributed by atoms with Gasteiger partial charge in [0.15, 0.2) is 0 Å². The van der Waals surface area contributed by atoms with Crippen LogP contribution in [0.25, 0.3) is 22.4 Å². The minimum absolute atomic E-state index is 0.0301. The number of piperidine rings is 1. The molecule has 33 heavy (non-hydrogen) atoms. The number of aliphatic hydroxyl groups is 1. The van der Waals surface area contributed by atoms with E-state index in [1.54, 1.807) is 18.3 Å². The number of hydrogen-bond acceptors (Lipinski definition) is 7. The van der Waals surface area contributed by atoms with E-state index >= 15 is 0 Å². The number of nitrogens with zero attached hydrogens (tertiary/aromatic N) is 4. The third kappa shape index (κ3) is 5.49. The molecule has 9 nitrogen and oxygen atoms in total. The zero-order chi connectivity index (χ0) is 24.4. The summed E-state index contributed by atoms with van der Waals surface area (Å²) in [5.41, 5.74) is 7.06. The molecule has 0 spiro atoms. The maximum absolute atomic E-state index is 14.2. The van der Waals surface area contributed by atoms with Crippen LogP contribution in [0.15, 0.2) is 24.4 Å². The number of aliphatic carboxylic acids is 1. The van der Waals surface area contributed by atoms with Crippen LogP contribution in [-0.4, -0.2) is 67.8 Å². The van der Waals surface area contributed by atoms with E-state index in [2.05, 4.69) is 25.1 Å². The molecule has 4 rings (SSSR count). The number of benzene rings is 1. The van der Waals surface area contributed by atoms with Gasteiger partial charge in [0.2, 0.25) is 5.65 Å². The van der Waals surface area contributed by atoms with Gasteiger partial charge < -0.3 is 20.8 Å². The van der Waals surface area contributed by atoms with E-state index in [1.165, 1.54) is 6.07 Å². The minimum Gasteiger partial charge on any atom is -0.475 e. The van der Waals surface area contributed by atoms with Crippen molar-refractivity contribution in [1.29, 1.82) is 0 Å². The second-order valence-corrected chi connectivity index (χ2v) is 7.81. The SMILES string of the molecule is NC1(CO)CCN(c2cnc3c(-c4c(F)cccc4Cl)[nH]nc3n2)CC1.O=C(O)C(F)(F)F. The number of aromatic amines is 1. The van der Waals surface area contributed by atoms with Crippen molar-refractivity contribution in [2.45, 2.75) is 24.6 Å². The largest absolute Gasteiger partial charge is 0.490 e. The zero-order valence-corrected chi connectivity index (χ0v) is 17.7. The van der Waals surface area contributed by atoms with E-state index in [4.69, 9.17) is 27.2 Å². The average Bonchev–Trinajstić information content (AvgIpc) is 3.17. The molecule has 0 aliphatic carbocycles. The molecule has 0 atom stereocenters. The Morgan fingerprint density at radius 2 is 1.94 bits per heavy atom. The number of fused-ring (bicyclic) bond motifs is 1. The fraction of sp³-hybridized carbons (Fsp3) is 0.368. The highest BCUT2D eigenvalue weighted by Gasteiger charge is 2.38. The van der Waals surface area contributed by atoms with E-state index in [-0.39, 0.29) is 17.2 Å². The lowest BCUT2D eigenvalue weighted by atomic mass is 9.90. The van der Waals surface area contributed by atoms with Gasteiger partial charge in [-0.05, 0) is 25.0 Å². The summed E-state index contributed by atoms with van der Waals surface area (Å²) < 4.78 is 45.9. The highest BCUT2D eigenvalue weighted by Crippen LogP contribution is 2.33. The Hall–Kier alpha value is -3.03. The summed E-state index contributed by atoms with van der Waals surface area (Å²) in [5, 5.41) is 23.7. The number of halogens is 5. The van der Waals surface area contributed by atoms with Gasteiger partial charge in [-0.1, -0.05) is 17.7 Å². The predicted molar refractivity (Wildman–Crippen MR) is 111 cm³/mol. The van der Waals surface area contributed by atoms with Gasteiger partial charge in [-0.25, -0.2) is 19.2 Å². The molecule has 1 aromatic carbocycles. The van der Waals surface area contributed by atoms with Crippen LogP contribution in [0.5, 0.6) is 0 Å². The predicted octanol–water partition coefficient (Wildman–Crippen LogP) is 2.74. The average molecular weight is 491 g/mol. The van der Waals surface area contributed by atoms with Gasteiger partial charge >= 0.3 is 12.1 Å². The molecule has 3 heterocycles. The van der Waals surface area contributed by atoms with Gasteiger partial charge in [0, 0.05) is 18.6 Å². The zero-order valence-electron chi connectivity index (χ0n) is 16.9. The topological polar surface area (TPSA) is 141 Å². The molecule has 0 amide bonds. The summed E-state index contributed by atoms with van der Waals surface area (Å²) in [5.74, 6) is -2.53. The van der Waals surface area contributed by atoms with Crippen molar-refractivity contribution < 1.29 is 32.6 Å². The molecule has 0 bridgehead atoms. The van der Waals surface area contributed by atoms with Crippen LogP contribution in [0.1, 0.15) is 12.8 Å². The lowest BCUT2D eigenvalue weighted by Gasteiger charge is -2.38. The number of carboxylic acids is 1. The Bertz CT molecular complexity index is 1130. The summed E-state index contributed by atoms with van der Waals surface area (Å²) in [4.78, 5) is 19.9. The molecule has 2 aromatic heterocycles. The number of anilines is 1. The molecule has 0 radical (unpaired) electrons. The first-order valence-electron chi connectivity index (χ1n) is 9.55. The van der Waals surface area contributed by atoms with Crippen LogP contribution in [0, 0.1) is 5.82 Å². The number of nitrogens with one attached hydrogen (secondary N) is 1. The van der Waals surface area contributed by atoms with Crippen LogP contribution >= 0.6 is 11.6 Å². The molecule has 14 heteroatoms. The smallest absolute Gasteiger partial charge is 0.475 e. The molecule has 178 valence electrons. The molecule has 1 aliphatic heterocycles. The fourth-order valence-corrected chi connectivity index (χ4v) is 3.45. The number of alkyl halides is 3. The van der Waals surface area contributed by atoms with Crippen molar-refractivity contribution >= 4 is 34.6 Å². The molecule has 1 aliphatic rings. The van der Waals surface area contributed by atoms with Gasteiger partial charge in [-0.3, -0.25) is 5.10 Å². The van der Waals surface area contributed by atoms with Gasteiger partial charge in [0.25, 0.3) is 0 Å².